The van der Waals surface area contributed by atoms with Crippen molar-refractivity contribution in [1.29, 1.82) is 0 Å². The lowest BCUT2D eigenvalue weighted by Crippen LogP contribution is -2.30. The first-order valence-corrected chi connectivity index (χ1v) is 10.5. The van der Waals surface area contributed by atoms with E-state index in [0.717, 1.165) is 5.56 Å². The SMILES string of the molecule is CC(C)[C@H](CO)Nc1nc(Nc2cccc(SC(F)(F)F)c2)cc(-c2ccccc2)n1. The number of benzene rings is 2. The molecule has 0 fully saturated rings. The highest BCUT2D eigenvalue weighted by atomic mass is 32.2. The highest BCUT2D eigenvalue weighted by Crippen LogP contribution is 2.38. The smallest absolute Gasteiger partial charge is 0.394 e. The topological polar surface area (TPSA) is 70.1 Å². The zero-order valence-electron chi connectivity index (χ0n) is 17.0. The molecule has 2 aromatic carbocycles. The van der Waals surface area contributed by atoms with E-state index in [4.69, 9.17) is 0 Å². The van der Waals surface area contributed by atoms with Crippen molar-refractivity contribution in [2.24, 2.45) is 5.92 Å². The van der Waals surface area contributed by atoms with E-state index in [1.165, 1.54) is 12.1 Å². The van der Waals surface area contributed by atoms with Gasteiger partial charge in [-0.05, 0) is 35.9 Å². The number of alkyl halides is 3. The van der Waals surface area contributed by atoms with Crippen LogP contribution in [0.2, 0.25) is 0 Å². The third kappa shape index (κ3) is 6.86. The third-order valence-electron chi connectivity index (χ3n) is 4.45. The minimum absolute atomic E-state index is 0.0772. The van der Waals surface area contributed by atoms with Crippen molar-refractivity contribution in [2.75, 3.05) is 17.2 Å². The second kappa shape index (κ2) is 10.0. The van der Waals surface area contributed by atoms with Crippen LogP contribution in [-0.2, 0) is 0 Å². The maximum atomic E-state index is 12.7. The van der Waals surface area contributed by atoms with Crippen LogP contribution in [0.1, 0.15) is 13.8 Å². The normalized spacial score (nSPS) is 12.6. The van der Waals surface area contributed by atoms with Crippen LogP contribution in [0.3, 0.4) is 0 Å². The summed E-state index contributed by atoms with van der Waals surface area (Å²) in [5, 5.41) is 15.9. The predicted molar refractivity (Wildman–Crippen MR) is 118 cm³/mol. The summed E-state index contributed by atoms with van der Waals surface area (Å²) in [5.41, 5.74) is -2.38. The summed E-state index contributed by atoms with van der Waals surface area (Å²) in [5.74, 6) is 0.879. The lowest BCUT2D eigenvalue weighted by molar-refractivity contribution is -0.0328. The number of hydrogen-bond acceptors (Lipinski definition) is 6. The molecule has 1 aromatic heterocycles. The monoisotopic (exact) mass is 448 g/mol. The molecule has 1 atom stereocenters. The van der Waals surface area contributed by atoms with Crippen LogP contribution < -0.4 is 10.6 Å². The van der Waals surface area contributed by atoms with E-state index >= 15 is 0 Å². The molecule has 0 saturated heterocycles. The Bertz CT molecular complexity index is 1000. The lowest BCUT2D eigenvalue weighted by Gasteiger charge is -2.20. The molecule has 3 rings (SSSR count). The Kier molecular flexibility index (Phi) is 7.40. The molecule has 0 bridgehead atoms. The summed E-state index contributed by atoms with van der Waals surface area (Å²) in [7, 11) is 0. The molecule has 0 aliphatic heterocycles. The molecule has 9 heteroatoms. The third-order valence-corrected chi connectivity index (χ3v) is 5.17. The average Bonchev–Trinajstić information content (AvgIpc) is 2.71. The fraction of sp³-hybridized carbons (Fsp3) is 0.273. The Morgan fingerprint density at radius 2 is 1.74 bits per heavy atom. The zero-order valence-corrected chi connectivity index (χ0v) is 17.8. The van der Waals surface area contributed by atoms with E-state index in [0.29, 0.717) is 23.1 Å². The number of anilines is 3. The van der Waals surface area contributed by atoms with Gasteiger partial charge in [-0.3, -0.25) is 0 Å². The van der Waals surface area contributed by atoms with Crippen LogP contribution in [0.4, 0.5) is 30.6 Å². The largest absolute Gasteiger partial charge is 0.446 e. The molecule has 3 aromatic rings. The molecule has 1 heterocycles. The maximum absolute atomic E-state index is 12.7. The van der Waals surface area contributed by atoms with E-state index in [2.05, 4.69) is 20.6 Å². The van der Waals surface area contributed by atoms with Crippen LogP contribution >= 0.6 is 11.8 Å². The number of aliphatic hydroxyl groups excluding tert-OH is 1. The van der Waals surface area contributed by atoms with Crippen LogP contribution in [0.15, 0.2) is 65.6 Å². The van der Waals surface area contributed by atoms with Crippen LogP contribution in [0.5, 0.6) is 0 Å². The summed E-state index contributed by atoms with van der Waals surface area (Å²) < 4.78 is 38.1. The minimum Gasteiger partial charge on any atom is -0.394 e. The molecule has 0 aliphatic rings. The Morgan fingerprint density at radius 1 is 1.00 bits per heavy atom. The van der Waals surface area contributed by atoms with E-state index in [1.807, 2.05) is 44.2 Å². The van der Waals surface area contributed by atoms with Gasteiger partial charge in [0.05, 0.1) is 18.3 Å². The van der Waals surface area contributed by atoms with Gasteiger partial charge in [-0.25, -0.2) is 4.98 Å². The average molecular weight is 449 g/mol. The minimum atomic E-state index is -4.36. The second-order valence-electron chi connectivity index (χ2n) is 7.21. The van der Waals surface area contributed by atoms with Crippen LogP contribution in [0, 0.1) is 5.92 Å². The second-order valence-corrected chi connectivity index (χ2v) is 8.34. The number of thioether (sulfide) groups is 1. The van der Waals surface area contributed by atoms with Gasteiger partial charge < -0.3 is 15.7 Å². The molecule has 0 spiro atoms. The van der Waals surface area contributed by atoms with Crippen molar-refractivity contribution in [3.63, 3.8) is 0 Å². The highest BCUT2D eigenvalue weighted by molar-refractivity contribution is 8.00. The van der Waals surface area contributed by atoms with Crippen molar-refractivity contribution in [1.82, 2.24) is 9.97 Å². The van der Waals surface area contributed by atoms with Gasteiger partial charge in [0, 0.05) is 22.2 Å². The molecule has 31 heavy (non-hydrogen) atoms. The Balaban J connectivity index is 1.93. The summed E-state index contributed by atoms with van der Waals surface area (Å²) in [4.78, 5) is 9.09. The molecular weight excluding hydrogens is 425 g/mol. The van der Waals surface area contributed by atoms with Crippen LogP contribution in [0.25, 0.3) is 11.3 Å². The fourth-order valence-corrected chi connectivity index (χ4v) is 3.44. The molecule has 0 amide bonds. The molecule has 164 valence electrons. The van der Waals surface area contributed by atoms with E-state index in [-0.39, 0.29) is 35.2 Å². The Morgan fingerprint density at radius 3 is 2.39 bits per heavy atom. The van der Waals surface area contributed by atoms with E-state index < -0.39 is 5.51 Å². The molecule has 3 N–H and O–H groups in total. The Labute approximate surface area is 183 Å². The Hall–Kier alpha value is -2.78. The number of aromatic nitrogens is 2. The summed E-state index contributed by atoms with van der Waals surface area (Å²) in [6.45, 7) is 3.85. The number of rotatable bonds is 8. The van der Waals surface area contributed by atoms with Gasteiger partial charge in [0.2, 0.25) is 5.95 Å². The highest BCUT2D eigenvalue weighted by Gasteiger charge is 2.29. The van der Waals surface area contributed by atoms with Crippen molar-refractivity contribution < 1.29 is 18.3 Å². The van der Waals surface area contributed by atoms with Crippen molar-refractivity contribution in [3.05, 3.63) is 60.7 Å². The van der Waals surface area contributed by atoms with E-state index in [1.54, 1.807) is 18.2 Å². The first kappa shape index (κ1) is 22.9. The standard InChI is InChI=1S/C22H23F3N4OS/c1-14(2)19(13-30)28-21-27-18(15-7-4-3-5-8-15)12-20(29-21)26-16-9-6-10-17(11-16)31-22(23,24)25/h3-12,14,19,30H,13H2,1-2H3,(H2,26,27,28,29)/t19-/m0/s1. The molecule has 0 radical (unpaired) electrons. The molecule has 5 nitrogen and oxygen atoms in total. The molecule has 0 saturated carbocycles. The summed E-state index contributed by atoms with van der Waals surface area (Å²) in [6.07, 6.45) is 0. The molecular formula is C22H23F3N4OS. The summed E-state index contributed by atoms with van der Waals surface area (Å²) >= 11 is -0.170. The summed E-state index contributed by atoms with van der Waals surface area (Å²) in [6, 6.07) is 17.0. The van der Waals surface area contributed by atoms with Crippen molar-refractivity contribution in [3.8, 4) is 11.3 Å². The van der Waals surface area contributed by atoms with Gasteiger partial charge in [-0.15, -0.1) is 0 Å². The van der Waals surface area contributed by atoms with Gasteiger partial charge >= 0.3 is 5.51 Å². The zero-order chi connectivity index (χ0) is 22.4. The number of aliphatic hydroxyl groups is 1. The predicted octanol–water partition coefficient (Wildman–Crippen LogP) is 5.93. The van der Waals surface area contributed by atoms with Crippen LogP contribution in [-0.4, -0.2) is 33.2 Å². The van der Waals surface area contributed by atoms with Gasteiger partial charge in [-0.1, -0.05) is 50.2 Å². The molecule has 0 unspecified atom stereocenters. The van der Waals surface area contributed by atoms with E-state index in [9.17, 15) is 18.3 Å². The number of nitrogens with one attached hydrogen (secondary N) is 2. The fourth-order valence-electron chi connectivity index (χ4n) is 2.84. The number of hydrogen-bond donors (Lipinski definition) is 3. The number of halogens is 3. The molecule has 0 aliphatic carbocycles. The van der Waals surface area contributed by atoms with Gasteiger partial charge in [-0.2, -0.15) is 18.2 Å². The number of nitrogens with zero attached hydrogens (tertiary/aromatic N) is 2. The maximum Gasteiger partial charge on any atom is 0.446 e. The quantitative estimate of drug-likeness (QED) is 0.371. The van der Waals surface area contributed by atoms with Gasteiger partial charge in [0.25, 0.3) is 0 Å². The first-order valence-electron chi connectivity index (χ1n) is 9.68. The first-order chi connectivity index (χ1) is 14.7. The van der Waals surface area contributed by atoms with Gasteiger partial charge in [0.1, 0.15) is 5.82 Å². The van der Waals surface area contributed by atoms with Crippen molar-refractivity contribution >= 4 is 29.2 Å². The van der Waals surface area contributed by atoms with Crippen molar-refractivity contribution in [2.45, 2.75) is 30.3 Å². The lowest BCUT2D eigenvalue weighted by atomic mass is 10.1. The van der Waals surface area contributed by atoms with Gasteiger partial charge in [0.15, 0.2) is 0 Å².